The topological polar surface area (TPSA) is 79.6 Å². The van der Waals surface area contributed by atoms with Crippen LogP contribution in [0.5, 0.6) is 0 Å². The van der Waals surface area contributed by atoms with Gasteiger partial charge in [-0.25, -0.2) is 0 Å². The van der Waals surface area contributed by atoms with Gasteiger partial charge in [-0.15, -0.1) is 0 Å². The molecule has 1 amide bonds. The summed E-state index contributed by atoms with van der Waals surface area (Å²) in [5.74, 6) is -1.91. The molecule has 4 aromatic rings. The maximum Gasteiger partial charge on any atom is 0.238 e. The van der Waals surface area contributed by atoms with E-state index in [1.807, 2.05) is 59.5 Å². The number of fused-ring (bicyclic) bond motifs is 6. The number of para-hydroxylation sites is 1. The van der Waals surface area contributed by atoms with Crippen LogP contribution in [0.2, 0.25) is 5.02 Å². The Hall–Kier alpha value is -4.42. The molecule has 1 saturated heterocycles. The highest BCUT2D eigenvalue weighted by Crippen LogP contribution is 2.58. The Kier molecular flexibility index (Phi) is 4.97. The molecule has 7 heteroatoms. The van der Waals surface area contributed by atoms with Crippen molar-refractivity contribution in [1.82, 2.24) is 0 Å². The van der Waals surface area contributed by atoms with Gasteiger partial charge in [0.1, 0.15) is 11.5 Å². The maximum atomic E-state index is 14.4. The van der Waals surface area contributed by atoms with Crippen LogP contribution in [0.1, 0.15) is 32.0 Å². The number of Topliss-reactive ketones (excluding diaryl/α,β-unsaturated/α-hetero) is 2. The lowest BCUT2D eigenvalue weighted by atomic mass is 9.64. The number of nitrogens with one attached hydrogen (secondary N) is 1. The van der Waals surface area contributed by atoms with Gasteiger partial charge < -0.3 is 14.6 Å². The van der Waals surface area contributed by atoms with Crippen LogP contribution in [-0.2, 0) is 10.2 Å². The number of anilines is 2. The molecule has 0 saturated carbocycles. The summed E-state index contributed by atoms with van der Waals surface area (Å²) >= 11 is 6.32. The first-order valence-corrected chi connectivity index (χ1v) is 12.7. The number of carbonyl (C=O) groups is 3. The number of hydrogen-bond acceptors (Lipinski definition) is 5. The first-order valence-electron chi connectivity index (χ1n) is 12.4. The summed E-state index contributed by atoms with van der Waals surface area (Å²) < 4.78 is 5.56. The lowest BCUT2D eigenvalue weighted by Crippen LogP contribution is -2.51. The normalized spacial score (nSPS) is 24.6. The molecule has 186 valence electrons. The van der Waals surface area contributed by atoms with E-state index in [9.17, 15) is 14.4 Å². The Labute approximate surface area is 223 Å². The van der Waals surface area contributed by atoms with Crippen molar-refractivity contribution in [2.24, 2.45) is 5.92 Å². The van der Waals surface area contributed by atoms with Crippen LogP contribution in [0.15, 0.2) is 102 Å². The zero-order valence-electron chi connectivity index (χ0n) is 20.0. The molecule has 3 aliphatic rings. The molecule has 4 heterocycles. The van der Waals surface area contributed by atoms with E-state index in [1.165, 1.54) is 6.26 Å². The highest BCUT2D eigenvalue weighted by atomic mass is 35.5. The molecule has 0 aliphatic carbocycles. The van der Waals surface area contributed by atoms with Gasteiger partial charge in [-0.3, -0.25) is 14.4 Å². The molecule has 4 atom stereocenters. The van der Waals surface area contributed by atoms with E-state index in [0.717, 1.165) is 11.3 Å². The predicted octanol–water partition coefficient (Wildman–Crippen LogP) is 5.79. The molecule has 1 N–H and O–H groups in total. The fourth-order valence-electron chi connectivity index (χ4n) is 6.50. The van der Waals surface area contributed by atoms with E-state index in [2.05, 4.69) is 5.32 Å². The van der Waals surface area contributed by atoms with Crippen LogP contribution in [-0.4, -0.2) is 29.6 Å². The van der Waals surface area contributed by atoms with Crippen LogP contribution < -0.4 is 10.2 Å². The zero-order valence-corrected chi connectivity index (χ0v) is 20.8. The lowest BCUT2D eigenvalue weighted by molar-refractivity contribution is -0.121. The smallest absolute Gasteiger partial charge is 0.238 e. The SMILES string of the molecule is O=C(c1ccccc1)C1C(C(=O)c2ccco2)C2(C(=O)Nc3ccccc32)C2C=Cc3cc(Cl)ccc3N12. The minimum atomic E-state index is -1.37. The lowest BCUT2D eigenvalue weighted by Gasteiger charge is -2.37. The zero-order chi connectivity index (χ0) is 26.0. The van der Waals surface area contributed by atoms with E-state index < -0.39 is 29.2 Å². The predicted molar refractivity (Wildman–Crippen MR) is 145 cm³/mol. The molecule has 7 rings (SSSR count). The quantitative estimate of drug-likeness (QED) is 0.345. The Bertz CT molecular complexity index is 1650. The molecular weight excluding hydrogens is 500 g/mol. The molecule has 0 radical (unpaired) electrons. The Morgan fingerprint density at radius 1 is 0.921 bits per heavy atom. The number of nitrogens with zero attached hydrogens (tertiary/aromatic N) is 1. The second-order valence-electron chi connectivity index (χ2n) is 9.78. The summed E-state index contributed by atoms with van der Waals surface area (Å²) in [6, 6.07) is 23.3. The summed E-state index contributed by atoms with van der Waals surface area (Å²) in [5, 5.41) is 3.57. The molecule has 0 bridgehead atoms. The molecule has 3 aliphatic heterocycles. The molecule has 38 heavy (non-hydrogen) atoms. The number of amides is 1. The van der Waals surface area contributed by atoms with Crippen molar-refractivity contribution >= 4 is 46.5 Å². The van der Waals surface area contributed by atoms with Crippen LogP contribution in [0.3, 0.4) is 0 Å². The van der Waals surface area contributed by atoms with Crippen molar-refractivity contribution in [3.05, 3.63) is 125 Å². The van der Waals surface area contributed by atoms with Gasteiger partial charge in [0.2, 0.25) is 11.7 Å². The van der Waals surface area contributed by atoms with E-state index in [0.29, 0.717) is 21.8 Å². The highest BCUT2D eigenvalue weighted by molar-refractivity contribution is 6.31. The van der Waals surface area contributed by atoms with Gasteiger partial charge in [-0.1, -0.05) is 72.3 Å². The summed E-state index contributed by atoms with van der Waals surface area (Å²) in [5.41, 5.74) is 1.97. The standard InChI is InChI=1S/C31H21ClN2O4/c32-20-13-14-23-19(17-20)12-15-25-31(21-9-4-5-10-22(21)33-30(31)37)26(29(36)24-11-6-16-38-24)27(34(23)25)28(35)18-7-2-1-3-8-18/h1-17,25-27H,(H,33,37). The fourth-order valence-corrected chi connectivity index (χ4v) is 6.68. The Balaban J connectivity index is 1.55. The molecular formula is C31H21ClN2O4. The molecule has 1 spiro atoms. The first-order chi connectivity index (χ1) is 18.5. The van der Waals surface area contributed by atoms with Crippen molar-refractivity contribution in [2.45, 2.75) is 17.5 Å². The Morgan fingerprint density at radius 3 is 2.50 bits per heavy atom. The van der Waals surface area contributed by atoms with Crippen LogP contribution in [0.4, 0.5) is 11.4 Å². The van der Waals surface area contributed by atoms with Crippen LogP contribution in [0.25, 0.3) is 6.08 Å². The average molecular weight is 521 g/mol. The summed E-state index contributed by atoms with van der Waals surface area (Å²) in [7, 11) is 0. The van der Waals surface area contributed by atoms with Gasteiger partial charge in [-0.2, -0.15) is 0 Å². The molecule has 4 unspecified atom stereocenters. The number of rotatable bonds is 4. The third-order valence-corrected chi connectivity index (χ3v) is 8.20. The van der Waals surface area contributed by atoms with Gasteiger partial charge in [0.05, 0.1) is 18.2 Å². The number of hydrogen-bond donors (Lipinski definition) is 1. The van der Waals surface area contributed by atoms with E-state index in [-0.39, 0.29) is 17.5 Å². The van der Waals surface area contributed by atoms with Crippen molar-refractivity contribution in [1.29, 1.82) is 0 Å². The van der Waals surface area contributed by atoms with Crippen molar-refractivity contribution in [2.75, 3.05) is 10.2 Å². The largest absolute Gasteiger partial charge is 0.461 e. The van der Waals surface area contributed by atoms with Gasteiger partial charge in [0.25, 0.3) is 0 Å². The van der Waals surface area contributed by atoms with E-state index in [1.54, 1.807) is 42.5 Å². The fraction of sp³-hybridized carbons (Fsp3) is 0.129. The summed E-state index contributed by atoms with van der Waals surface area (Å²) in [6.45, 7) is 0. The molecule has 1 aromatic heterocycles. The van der Waals surface area contributed by atoms with Crippen LogP contribution in [0, 0.1) is 5.92 Å². The second kappa shape index (κ2) is 8.30. The van der Waals surface area contributed by atoms with Crippen molar-refractivity contribution in [3.8, 4) is 0 Å². The van der Waals surface area contributed by atoms with Gasteiger partial charge in [0, 0.05) is 22.0 Å². The maximum absolute atomic E-state index is 14.4. The van der Waals surface area contributed by atoms with Gasteiger partial charge >= 0.3 is 0 Å². The van der Waals surface area contributed by atoms with E-state index >= 15 is 0 Å². The van der Waals surface area contributed by atoms with Crippen molar-refractivity contribution < 1.29 is 18.8 Å². The minimum absolute atomic E-state index is 0.109. The summed E-state index contributed by atoms with van der Waals surface area (Å²) in [6.07, 6.45) is 5.26. The number of furan rings is 1. The van der Waals surface area contributed by atoms with E-state index in [4.69, 9.17) is 16.0 Å². The second-order valence-corrected chi connectivity index (χ2v) is 10.2. The summed E-state index contributed by atoms with van der Waals surface area (Å²) in [4.78, 5) is 44.9. The third kappa shape index (κ3) is 2.98. The highest BCUT2D eigenvalue weighted by Gasteiger charge is 2.70. The monoisotopic (exact) mass is 520 g/mol. The van der Waals surface area contributed by atoms with Crippen molar-refractivity contribution in [3.63, 3.8) is 0 Å². The molecule has 6 nitrogen and oxygen atoms in total. The third-order valence-electron chi connectivity index (χ3n) is 7.97. The van der Waals surface area contributed by atoms with Crippen LogP contribution >= 0.6 is 11.6 Å². The molecule has 1 fully saturated rings. The Morgan fingerprint density at radius 2 is 1.71 bits per heavy atom. The van der Waals surface area contributed by atoms with Gasteiger partial charge in [0.15, 0.2) is 11.5 Å². The first kappa shape index (κ1) is 22.8. The van der Waals surface area contributed by atoms with Gasteiger partial charge in [-0.05, 0) is 47.5 Å². The minimum Gasteiger partial charge on any atom is -0.461 e. The number of carbonyl (C=O) groups excluding carboxylic acids is 3. The number of ketones is 2. The number of halogens is 1. The molecule has 3 aromatic carbocycles. The number of benzene rings is 3. The average Bonchev–Trinajstić information content (AvgIpc) is 3.65.